The van der Waals surface area contributed by atoms with Crippen LogP contribution < -0.4 is 5.32 Å². The van der Waals surface area contributed by atoms with Crippen molar-refractivity contribution >= 4 is 11.8 Å². The van der Waals surface area contributed by atoms with Gasteiger partial charge in [0.2, 0.25) is 11.8 Å². The Balaban J connectivity index is 1.45. The van der Waals surface area contributed by atoms with Crippen molar-refractivity contribution in [3.8, 4) is 0 Å². The second-order valence-electron chi connectivity index (χ2n) is 7.81. The molecule has 5 nitrogen and oxygen atoms in total. The van der Waals surface area contributed by atoms with Gasteiger partial charge in [0.1, 0.15) is 0 Å². The predicted molar refractivity (Wildman–Crippen MR) is 103 cm³/mol. The average molecular weight is 357 g/mol. The summed E-state index contributed by atoms with van der Waals surface area (Å²) >= 11 is 0. The van der Waals surface area contributed by atoms with Gasteiger partial charge in [-0.25, -0.2) is 0 Å². The van der Waals surface area contributed by atoms with Crippen LogP contribution in [0.5, 0.6) is 0 Å². The van der Waals surface area contributed by atoms with Crippen LogP contribution >= 0.6 is 0 Å². The number of carbonyl (C=O) groups is 2. The third-order valence-corrected chi connectivity index (χ3v) is 5.82. The van der Waals surface area contributed by atoms with E-state index in [4.69, 9.17) is 0 Å². The molecule has 2 aliphatic rings. The minimum atomic E-state index is 0.109. The molecule has 1 aromatic rings. The zero-order valence-corrected chi connectivity index (χ0v) is 15.9. The Kier molecular flexibility index (Phi) is 6.30. The van der Waals surface area contributed by atoms with E-state index in [2.05, 4.69) is 29.3 Å². The Morgan fingerprint density at radius 2 is 2.00 bits per heavy atom. The lowest BCUT2D eigenvalue weighted by Gasteiger charge is -2.48. The van der Waals surface area contributed by atoms with E-state index in [0.717, 1.165) is 45.4 Å². The molecule has 0 saturated carbocycles. The van der Waals surface area contributed by atoms with E-state index in [1.165, 1.54) is 12.0 Å². The van der Waals surface area contributed by atoms with Crippen molar-refractivity contribution in [1.82, 2.24) is 15.1 Å². The van der Waals surface area contributed by atoms with E-state index in [-0.39, 0.29) is 17.2 Å². The van der Waals surface area contributed by atoms with Gasteiger partial charge in [0.25, 0.3) is 0 Å². The predicted octanol–water partition coefficient (Wildman–Crippen LogP) is 2.07. The summed E-state index contributed by atoms with van der Waals surface area (Å²) in [6.07, 6.45) is 4.77. The fraction of sp³-hybridized carbons (Fsp3) is 0.619. The molecule has 1 spiro atoms. The molecule has 0 radical (unpaired) electrons. The molecule has 2 fully saturated rings. The van der Waals surface area contributed by atoms with Crippen LogP contribution in [0.4, 0.5) is 0 Å². The maximum atomic E-state index is 12.3. The molecule has 1 atom stereocenters. The van der Waals surface area contributed by atoms with Crippen LogP contribution in [0.3, 0.4) is 0 Å². The van der Waals surface area contributed by atoms with Crippen molar-refractivity contribution in [2.75, 3.05) is 39.3 Å². The van der Waals surface area contributed by atoms with Crippen molar-refractivity contribution in [1.29, 1.82) is 0 Å². The zero-order chi connectivity index (χ0) is 18.4. The third-order valence-electron chi connectivity index (χ3n) is 5.82. The lowest BCUT2D eigenvalue weighted by atomic mass is 9.73. The Morgan fingerprint density at radius 1 is 1.19 bits per heavy atom. The molecule has 0 bridgehead atoms. The molecule has 3 rings (SSSR count). The first-order chi connectivity index (χ1) is 12.6. The molecule has 2 saturated heterocycles. The fourth-order valence-corrected chi connectivity index (χ4v) is 4.42. The third kappa shape index (κ3) is 4.85. The summed E-state index contributed by atoms with van der Waals surface area (Å²) in [4.78, 5) is 28.6. The van der Waals surface area contributed by atoms with Gasteiger partial charge < -0.3 is 10.2 Å². The van der Waals surface area contributed by atoms with Crippen LogP contribution in [0.2, 0.25) is 0 Å². The van der Waals surface area contributed by atoms with Crippen molar-refractivity contribution in [2.45, 2.75) is 39.0 Å². The molecule has 5 heteroatoms. The molecule has 2 amide bonds. The van der Waals surface area contributed by atoms with E-state index < -0.39 is 0 Å². The first-order valence-electron chi connectivity index (χ1n) is 9.91. The first kappa shape index (κ1) is 18.9. The van der Waals surface area contributed by atoms with E-state index in [9.17, 15) is 9.59 Å². The van der Waals surface area contributed by atoms with Crippen LogP contribution in [0.15, 0.2) is 30.3 Å². The van der Waals surface area contributed by atoms with Crippen molar-refractivity contribution < 1.29 is 9.59 Å². The minimum absolute atomic E-state index is 0.109. The van der Waals surface area contributed by atoms with Crippen molar-refractivity contribution in [3.63, 3.8) is 0 Å². The van der Waals surface area contributed by atoms with Crippen LogP contribution in [0, 0.1) is 5.41 Å². The number of carbonyl (C=O) groups excluding carboxylic acids is 2. The number of nitrogens with one attached hydrogen (secondary N) is 1. The SMILES string of the molecule is CCN1CC2(CCCN(CC(=O)NCCc3ccccc3)C2)CCC1=O. The number of rotatable bonds is 6. The van der Waals surface area contributed by atoms with Crippen LogP contribution in [-0.4, -0.2) is 60.9 Å². The highest BCUT2D eigenvalue weighted by molar-refractivity contribution is 5.78. The summed E-state index contributed by atoms with van der Waals surface area (Å²) in [6.45, 7) is 6.76. The number of benzene rings is 1. The number of nitrogens with zero attached hydrogens (tertiary/aromatic N) is 2. The van der Waals surface area contributed by atoms with Gasteiger partial charge >= 0.3 is 0 Å². The van der Waals surface area contributed by atoms with Gasteiger partial charge in [-0.05, 0) is 44.7 Å². The Labute approximate surface area is 156 Å². The number of hydrogen-bond donors (Lipinski definition) is 1. The smallest absolute Gasteiger partial charge is 0.234 e. The molecule has 1 aromatic carbocycles. The first-order valence-corrected chi connectivity index (χ1v) is 9.91. The van der Waals surface area contributed by atoms with E-state index >= 15 is 0 Å². The van der Waals surface area contributed by atoms with E-state index in [1.54, 1.807) is 0 Å². The zero-order valence-electron chi connectivity index (χ0n) is 15.9. The summed E-state index contributed by atoms with van der Waals surface area (Å²) in [5.41, 5.74) is 1.43. The average Bonchev–Trinajstić information content (AvgIpc) is 2.65. The summed E-state index contributed by atoms with van der Waals surface area (Å²) in [5, 5.41) is 3.05. The monoisotopic (exact) mass is 357 g/mol. The molecule has 26 heavy (non-hydrogen) atoms. The highest BCUT2D eigenvalue weighted by atomic mass is 16.2. The normalized spacial score (nSPS) is 24.0. The largest absolute Gasteiger partial charge is 0.355 e. The molecule has 1 unspecified atom stereocenters. The topological polar surface area (TPSA) is 52.6 Å². The standard InChI is InChI=1S/C21H31N3O2/c1-2-24-17-21(12-9-20(24)26)11-6-14-23(16-21)15-19(25)22-13-10-18-7-4-3-5-8-18/h3-5,7-8H,2,6,9-17H2,1H3,(H,22,25). The van der Waals surface area contributed by atoms with Crippen LogP contribution in [0.25, 0.3) is 0 Å². The van der Waals surface area contributed by atoms with Crippen LogP contribution in [0.1, 0.15) is 38.2 Å². The second-order valence-corrected chi connectivity index (χ2v) is 7.81. The summed E-state index contributed by atoms with van der Waals surface area (Å²) < 4.78 is 0. The van der Waals surface area contributed by atoms with Crippen LogP contribution in [-0.2, 0) is 16.0 Å². The van der Waals surface area contributed by atoms with E-state index in [0.29, 0.717) is 19.5 Å². The van der Waals surface area contributed by atoms with Gasteiger partial charge in [-0.1, -0.05) is 30.3 Å². The minimum Gasteiger partial charge on any atom is -0.355 e. The lowest BCUT2D eigenvalue weighted by molar-refractivity contribution is -0.139. The summed E-state index contributed by atoms with van der Waals surface area (Å²) in [6, 6.07) is 10.2. The highest BCUT2D eigenvalue weighted by Gasteiger charge is 2.41. The van der Waals surface area contributed by atoms with Gasteiger partial charge in [-0.15, -0.1) is 0 Å². The van der Waals surface area contributed by atoms with Gasteiger partial charge in [0.05, 0.1) is 6.54 Å². The van der Waals surface area contributed by atoms with Crippen molar-refractivity contribution in [2.24, 2.45) is 5.41 Å². The molecule has 2 heterocycles. The number of likely N-dealkylation sites (tertiary alicyclic amines) is 2. The second kappa shape index (κ2) is 8.67. The van der Waals surface area contributed by atoms with Crippen molar-refractivity contribution in [3.05, 3.63) is 35.9 Å². The molecular weight excluding hydrogens is 326 g/mol. The molecule has 0 aliphatic carbocycles. The molecule has 142 valence electrons. The quantitative estimate of drug-likeness (QED) is 0.848. The van der Waals surface area contributed by atoms with Gasteiger partial charge in [0.15, 0.2) is 0 Å². The number of hydrogen-bond acceptors (Lipinski definition) is 3. The fourth-order valence-electron chi connectivity index (χ4n) is 4.42. The molecule has 0 aromatic heterocycles. The molecular formula is C21H31N3O2. The Morgan fingerprint density at radius 3 is 2.77 bits per heavy atom. The highest BCUT2D eigenvalue weighted by Crippen LogP contribution is 2.38. The van der Waals surface area contributed by atoms with Gasteiger partial charge in [-0.3, -0.25) is 14.5 Å². The number of amides is 2. The number of piperidine rings is 2. The molecule has 1 N–H and O–H groups in total. The van der Waals surface area contributed by atoms with E-state index in [1.807, 2.05) is 23.1 Å². The maximum absolute atomic E-state index is 12.3. The van der Waals surface area contributed by atoms with Gasteiger partial charge in [0, 0.05) is 38.0 Å². The summed E-state index contributed by atoms with van der Waals surface area (Å²) in [7, 11) is 0. The summed E-state index contributed by atoms with van der Waals surface area (Å²) in [5.74, 6) is 0.395. The Bertz CT molecular complexity index is 619. The lowest BCUT2D eigenvalue weighted by Crippen LogP contribution is -2.55. The van der Waals surface area contributed by atoms with Gasteiger partial charge in [-0.2, -0.15) is 0 Å². The Hall–Kier alpha value is -1.88. The maximum Gasteiger partial charge on any atom is 0.234 e. The molecule has 2 aliphatic heterocycles.